The van der Waals surface area contributed by atoms with Crippen LogP contribution in [-0.2, 0) is 12.0 Å². The first-order valence-electron chi connectivity index (χ1n) is 14.1. The van der Waals surface area contributed by atoms with E-state index in [9.17, 15) is 14.4 Å². The molecule has 3 N–H and O–H groups in total. The zero-order valence-corrected chi connectivity index (χ0v) is 25.0. The maximum absolute atomic E-state index is 13.8. The van der Waals surface area contributed by atoms with Gasteiger partial charge in [0.15, 0.2) is 0 Å². The molecule has 42 heavy (non-hydrogen) atoms. The predicted octanol–water partition coefficient (Wildman–Crippen LogP) is 5.29. The Morgan fingerprint density at radius 2 is 1.76 bits per heavy atom. The summed E-state index contributed by atoms with van der Waals surface area (Å²) in [6.07, 6.45) is 2.72. The van der Waals surface area contributed by atoms with Crippen LogP contribution in [0.15, 0.2) is 60.7 Å². The van der Waals surface area contributed by atoms with E-state index in [1.54, 1.807) is 39.9 Å². The maximum atomic E-state index is 13.8. The zero-order valence-electron chi connectivity index (χ0n) is 24.2. The molecular weight excluding hydrogens is 548 g/mol. The molecule has 0 saturated heterocycles. The van der Waals surface area contributed by atoms with E-state index < -0.39 is 5.54 Å². The van der Waals surface area contributed by atoms with E-state index in [4.69, 9.17) is 5.84 Å². The highest BCUT2D eigenvalue weighted by atomic mass is 32.1. The summed E-state index contributed by atoms with van der Waals surface area (Å²) < 4.78 is 1.68. The number of carbonyl (C=O) groups excluding carboxylic acids is 3. The van der Waals surface area contributed by atoms with Gasteiger partial charge in [-0.05, 0) is 95.0 Å². The molecule has 4 aromatic rings. The zero-order chi connectivity index (χ0) is 29.8. The Morgan fingerprint density at radius 1 is 1.05 bits per heavy atom. The fourth-order valence-corrected chi connectivity index (χ4v) is 6.37. The number of benzene rings is 2. The molecule has 1 fully saturated rings. The Bertz CT molecular complexity index is 1690. The monoisotopic (exact) mass is 582 g/mol. The molecule has 0 bridgehead atoms. The highest BCUT2D eigenvalue weighted by molar-refractivity contribution is 7.17. The van der Waals surface area contributed by atoms with Crippen molar-refractivity contribution in [3.63, 3.8) is 0 Å². The third kappa shape index (κ3) is 5.23. The van der Waals surface area contributed by atoms with Crippen molar-refractivity contribution < 1.29 is 14.4 Å². The van der Waals surface area contributed by atoms with Crippen LogP contribution in [-0.4, -0.2) is 40.1 Å². The van der Waals surface area contributed by atoms with Crippen LogP contribution in [0.5, 0.6) is 0 Å². The van der Waals surface area contributed by atoms with Gasteiger partial charge in [0.2, 0.25) is 0 Å². The summed E-state index contributed by atoms with van der Waals surface area (Å²) in [6, 6.07) is 18.6. The molecule has 2 aromatic carbocycles. The maximum Gasteiger partial charge on any atom is 0.290 e. The Hall–Kier alpha value is -4.28. The Balaban J connectivity index is 1.24. The fraction of sp³-hybridized carbons (Fsp3) is 0.312. The number of hydrogen-bond donors (Lipinski definition) is 2. The Morgan fingerprint density at radius 3 is 2.45 bits per heavy atom. The van der Waals surface area contributed by atoms with E-state index in [0.29, 0.717) is 40.8 Å². The van der Waals surface area contributed by atoms with E-state index in [1.807, 2.05) is 58.0 Å². The number of fused-ring (bicyclic) bond motifs is 3. The van der Waals surface area contributed by atoms with Gasteiger partial charge in [0.05, 0.1) is 27.5 Å². The number of anilines is 2. The first kappa shape index (κ1) is 27.9. The van der Waals surface area contributed by atoms with E-state index in [1.165, 1.54) is 11.3 Å². The van der Waals surface area contributed by atoms with Gasteiger partial charge in [-0.25, -0.2) is 10.9 Å². The topological polar surface area (TPSA) is 114 Å². The van der Waals surface area contributed by atoms with Gasteiger partial charge >= 0.3 is 0 Å². The van der Waals surface area contributed by atoms with Crippen molar-refractivity contribution in [2.75, 3.05) is 16.5 Å². The molecule has 0 spiro atoms. The number of nitrogens with one attached hydrogen (secondary N) is 1. The largest absolute Gasteiger partial charge is 0.349 e. The summed E-state index contributed by atoms with van der Waals surface area (Å²) in [5, 5.41) is 8.64. The Kier molecular flexibility index (Phi) is 6.98. The number of thiophene rings is 1. The lowest BCUT2D eigenvalue weighted by atomic mass is 10.1. The van der Waals surface area contributed by atoms with Crippen molar-refractivity contribution in [2.45, 2.75) is 58.5 Å². The minimum Gasteiger partial charge on any atom is -0.349 e. The first-order valence-corrected chi connectivity index (χ1v) is 14.9. The number of nitrogens with two attached hydrogens (primary N) is 1. The molecule has 0 radical (unpaired) electrons. The summed E-state index contributed by atoms with van der Waals surface area (Å²) in [6.45, 7) is 8.24. The van der Waals surface area contributed by atoms with Crippen molar-refractivity contribution in [3.05, 3.63) is 88.1 Å². The molecule has 10 heteroatoms. The number of para-hydroxylation sites is 1. The highest BCUT2D eigenvalue weighted by Gasteiger charge is 2.30. The van der Waals surface area contributed by atoms with Gasteiger partial charge in [0.25, 0.3) is 17.7 Å². The molecule has 1 aliphatic carbocycles. The van der Waals surface area contributed by atoms with Crippen LogP contribution in [0.25, 0.3) is 10.4 Å². The quantitative estimate of drug-likeness (QED) is 0.189. The van der Waals surface area contributed by atoms with Gasteiger partial charge in [-0.3, -0.25) is 19.1 Å². The second kappa shape index (κ2) is 10.5. The van der Waals surface area contributed by atoms with Gasteiger partial charge < -0.3 is 10.2 Å². The average Bonchev–Trinajstić information content (AvgIpc) is 3.57. The molecule has 0 atom stereocenters. The number of carbonyl (C=O) groups is 3. The average molecular weight is 583 g/mol. The molecule has 3 amide bonds. The van der Waals surface area contributed by atoms with Gasteiger partial charge in [0, 0.05) is 28.6 Å². The molecule has 1 saturated carbocycles. The van der Waals surface area contributed by atoms with Crippen molar-refractivity contribution >= 4 is 40.4 Å². The van der Waals surface area contributed by atoms with Crippen molar-refractivity contribution in [3.8, 4) is 10.4 Å². The van der Waals surface area contributed by atoms with Gasteiger partial charge in [-0.1, -0.05) is 18.2 Å². The third-order valence-corrected chi connectivity index (χ3v) is 8.74. The van der Waals surface area contributed by atoms with Crippen molar-refractivity contribution in [2.24, 2.45) is 5.84 Å². The molecule has 2 aliphatic rings. The van der Waals surface area contributed by atoms with Crippen molar-refractivity contribution in [1.29, 1.82) is 0 Å². The van der Waals surface area contributed by atoms with E-state index >= 15 is 0 Å². The third-order valence-electron chi connectivity index (χ3n) is 7.53. The number of hydrazine groups is 1. The number of amides is 3. The second-order valence-electron chi connectivity index (χ2n) is 11.9. The van der Waals surface area contributed by atoms with E-state index in [-0.39, 0.29) is 17.7 Å². The van der Waals surface area contributed by atoms with Crippen molar-refractivity contribution in [1.82, 2.24) is 15.1 Å². The number of nitrogens with zero attached hydrogens (tertiary/aromatic N) is 4. The summed E-state index contributed by atoms with van der Waals surface area (Å²) in [7, 11) is 0. The summed E-state index contributed by atoms with van der Waals surface area (Å²) >= 11 is 1.48. The molecule has 216 valence electrons. The first-order chi connectivity index (χ1) is 20.0. The number of aryl methyl sites for hydroxylation is 1. The van der Waals surface area contributed by atoms with Crippen LogP contribution in [0.3, 0.4) is 0 Å². The molecule has 1 aliphatic heterocycles. The van der Waals surface area contributed by atoms with Crippen LogP contribution in [0.4, 0.5) is 11.4 Å². The highest BCUT2D eigenvalue weighted by Crippen LogP contribution is 2.42. The van der Waals surface area contributed by atoms with Crippen LogP contribution in [0.1, 0.15) is 75.4 Å². The predicted molar refractivity (Wildman–Crippen MR) is 165 cm³/mol. The van der Waals surface area contributed by atoms with E-state index in [2.05, 4.69) is 10.4 Å². The summed E-state index contributed by atoms with van der Waals surface area (Å²) in [5.41, 5.74) is 4.50. The van der Waals surface area contributed by atoms with Gasteiger partial charge in [0.1, 0.15) is 5.69 Å². The summed E-state index contributed by atoms with van der Waals surface area (Å²) in [4.78, 5) is 43.4. The number of rotatable bonds is 5. The lowest BCUT2D eigenvalue weighted by Gasteiger charge is -2.25. The molecule has 6 rings (SSSR count). The smallest absolute Gasteiger partial charge is 0.290 e. The molecule has 0 unspecified atom stereocenters. The normalized spacial score (nSPS) is 14.5. The van der Waals surface area contributed by atoms with Crippen LogP contribution < -0.4 is 21.1 Å². The minimum atomic E-state index is -0.395. The minimum absolute atomic E-state index is 0.0218. The van der Waals surface area contributed by atoms with Gasteiger partial charge in [-0.15, -0.1) is 11.3 Å². The Labute approximate surface area is 248 Å². The lowest BCUT2D eigenvalue weighted by Crippen LogP contribution is -2.40. The number of hydrogen-bond acceptors (Lipinski definition) is 6. The van der Waals surface area contributed by atoms with Crippen LogP contribution >= 0.6 is 11.3 Å². The van der Waals surface area contributed by atoms with Gasteiger partial charge in [-0.2, -0.15) is 5.10 Å². The van der Waals surface area contributed by atoms with Crippen LogP contribution in [0.2, 0.25) is 0 Å². The molecule has 3 heterocycles. The van der Waals surface area contributed by atoms with Crippen LogP contribution in [0, 0.1) is 6.92 Å². The SMILES string of the molecule is Cc1cc(C(=O)N(N)c2ccc(C(=O)N3CCc4cc(C(=O)NC5CC5)sc4-c4ccccc43)cc2)n(C(C)(C)C)n1. The molecule has 2 aromatic heterocycles. The molecular formula is C32H34N6O3S. The van der Waals surface area contributed by atoms with E-state index in [0.717, 1.165) is 45.2 Å². The summed E-state index contributed by atoms with van der Waals surface area (Å²) in [5.74, 6) is 5.71. The number of aromatic nitrogens is 2. The second-order valence-corrected chi connectivity index (χ2v) is 13.0. The molecule has 9 nitrogen and oxygen atoms in total. The standard InChI is InChI=1S/C32H34N6O3S/c1-19-17-26(38(35-19)32(2,3)4)31(41)37(33)23-13-9-20(10-14-23)30(40)36-16-15-21-18-27(29(39)34-22-11-12-22)42-28(21)24-7-5-6-8-25(24)36/h5-10,13-14,17-18,22H,11-12,15-16,33H2,1-4H3,(H,34,39). The lowest BCUT2D eigenvalue weighted by molar-refractivity contribution is 0.0950. The fourth-order valence-electron chi connectivity index (χ4n) is 5.23.